The number of carbonyl (C=O) groups is 2. The van der Waals surface area contributed by atoms with Crippen molar-refractivity contribution in [2.75, 3.05) is 6.54 Å². The molecule has 2 N–H and O–H groups in total. The SMILES string of the molecule is C=CCNC(=O)C(=Cc1ccccc1)NC(=O)c1ccccc1. The van der Waals surface area contributed by atoms with Crippen LogP contribution in [0.5, 0.6) is 0 Å². The maximum Gasteiger partial charge on any atom is 0.268 e. The quantitative estimate of drug-likeness (QED) is 0.637. The average Bonchev–Trinajstić information content (AvgIpc) is 2.60. The van der Waals surface area contributed by atoms with E-state index in [2.05, 4.69) is 17.2 Å². The molecule has 4 nitrogen and oxygen atoms in total. The molecular weight excluding hydrogens is 288 g/mol. The summed E-state index contributed by atoms with van der Waals surface area (Å²) in [6.45, 7) is 3.89. The van der Waals surface area contributed by atoms with Crippen molar-refractivity contribution < 1.29 is 9.59 Å². The van der Waals surface area contributed by atoms with E-state index in [0.29, 0.717) is 12.1 Å². The van der Waals surface area contributed by atoms with Crippen molar-refractivity contribution in [3.8, 4) is 0 Å². The minimum Gasteiger partial charge on any atom is -0.347 e. The van der Waals surface area contributed by atoms with Gasteiger partial charge in [0, 0.05) is 12.1 Å². The van der Waals surface area contributed by atoms with Crippen LogP contribution in [0.25, 0.3) is 6.08 Å². The lowest BCUT2D eigenvalue weighted by atomic mass is 10.1. The van der Waals surface area contributed by atoms with E-state index in [9.17, 15) is 9.59 Å². The summed E-state index contributed by atoms with van der Waals surface area (Å²) in [7, 11) is 0. The lowest BCUT2D eigenvalue weighted by molar-refractivity contribution is -0.117. The van der Waals surface area contributed by atoms with Crippen molar-refractivity contribution in [2.24, 2.45) is 0 Å². The summed E-state index contributed by atoms with van der Waals surface area (Å²) in [6.07, 6.45) is 3.22. The molecule has 0 saturated heterocycles. The molecule has 0 bridgehead atoms. The molecule has 2 amide bonds. The van der Waals surface area contributed by atoms with E-state index >= 15 is 0 Å². The van der Waals surface area contributed by atoms with Crippen molar-refractivity contribution in [3.05, 3.63) is 90.1 Å². The molecule has 0 aliphatic carbocycles. The molecule has 0 atom stereocenters. The summed E-state index contributed by atoms with van der Waals surface area (Å²) in [4.78, 5) is 24.5. The first-order valence-corrected chi connectivity index (χ1v) is 7.23. The third-order valence-electron chi connectivity index (χ3n) is 3.05. The van der Waals surface area contributed by atoms with Crippen LogP contribution >= 0.6 is 0 Å². The van der Waals surface area contributed by atoms with Gasteiger partial charge in [-0.15, -0.1) is 6.58 Å². The molecule has 2 aromatic carbocycles. The Balaban J connectivity index is 2.23. The van der Waals surface area contributed by atoms with Crippen molar-refractivity contribution in [1.82, 2.24) is 10.6 Å². The van der Waals surface area contributed by atoms with E-state index in [-0.39, 0.29) is 17.5 Å². The van der Waals surface area contributed by atoms with Crippen LogP contribution in [0.2, 0.25) is 0 Å². The van der Waals surface area contributed by atoms with Crippen LogP contribution in [-0.4, -0.2) is 18.4 Å². The smallest absolute Gasteiger partial charge is 0.268 e. The topological polar surface area (TPSA) is 58.2 Å². The number of hydrogen-bond acceptors (Lipinski definition) is 2. The second kappa shape index (κ2) is 8.34. The zero-order valence-electron chi connectivity index (χ0n) is 12.7. The van der Waals surface area contributed by atoms with Crippen molar-refractivity contribution in [1.29, 1.82) is 0 Å². The second-order valence-corrected chi connectivity index (χ2v) is 4.79. The number of rotatable bonds is 6. The highest BCUT2D eigenvalue weighted by Gasteiger charge is 2.13. The monoisotopic (exact) mass is 306 g/mol. The molecule has 0 unspecified atom stereocenters. The Kier molecular flexibility index (Phi) is 5.89. The Morgan fingerprint density at radius 1 is 0.957 bits per heavy atom. The summed E-state index contributed by atoms with van der Waals surface area (Å²) in [5.74, 6) is -0.695. The molecule has 0 aromatic heterocycles. The number of carbonyl (C=O) groups excluding carboxylic acids is 2. The van der Waals surface area contributed by atoms with Gasteiger partial charge in [0.1, 0.15) is 5.70 Å². The first kappa shape index (κ1) is 16.2. The van der Waals surface area contributed by atoms with Gasteiger partial charge in [0.2, 0.25) is 0 Å². The molecule has 23 heavy (non-hydrogen) atoms. The van der Waals surface area contributed by atoms with Gasteiger partial charge in [-0.25, -0.2) is 0 Å². The van der Waals surface area contributed by atoms with Gasteiger partial charge >= 0.3 is 0 Å². The van der Waals surface area contributed by atoms with Crippen LogP contribution in [0.15, 0.2) is 79.0 Å². The van der Waals surface area contributed by atoms with Gasteiger partial charge in [-0.3, -0.25) is 9.59 Å². The third kappa shape index (κ3) is 4.97. The van der Waals surface area contributed by atoms with Crippen LogP contribution in [0.1, 0.15) is 15.9 Å². The Morgan fingerprint density at radius 2 is 1.57 bits per heavy atom. The highest BCUT2D eigenvalue weighted by molar-refractivity contribution is 6.05. The second-order valence-electron chi connectivity index (χ2n) is 4.79. The van der Waals surface area contributed by atoms with Gasteiger partial charge in [0.05, 0.1) is 0 Å². The molecule has 4 heteroatoms. The molecule has 0 radical (unpaired) electrons. The number of amides is 2. The maximum atomic E-state index is 12.3. The fourth-order valence-electron chi connectivity index (χ4n) is 1.92. The average molecular weight is 306 g/mol. The van der Waals surface area contributed by atoms with Gasteiger partial charge < -0.3 is 10.6 Å². The minimum atomic E-state index is -0.363. The highest BCUT2D eigenvalue weighted by Crippen LogP contribution is 2.07. The van der Waals surface area contributed by atoms with E-state index < -0.39 is 0 Å². The van der Waals surface area contributed by atoms with Crippen LogP contribution in [0, 0.1) is 0 Å². The van der Waals surface area contributed by atoms with Crippen molar-refractivity contribution in [2.45, 2.75) is 0 Å². The van der Waals surface area contributed by atoms with Crippen molar-refractivity contribution >= 4 is 17.9 Å². The van der Waals surface area contributed by atoms with Crippen LogP contribution in [-0.2, 0) is 4.79 Å². The Labute approximate surface area is 135 Å². The largest absolute Gasteiger partial charge is 0.347 e. The normalized spacial score (nSPS) is 10.7. The molecule has 0 saturated carbocycles. The Bertz CT molecular complexity index is 707. The predicted molar refractivity (Wildman–Crippen MR) is 91.5 cm³/mol. The van der Waals surface area contributed by atoms with E-state index in [1.165, 1.54) is 0 Å². The van der Waals surface area contributed by atoms with Gasteiger partial charge in [0.25, 0.3) is 11.8 Å². The lowest BCUT2D eigenvalue weighted by Crippen LogP contribution is -2.34. The number of benzene rings is 2. The van der Waals surface area contributed by atoms with E-state index in [1.807, 2.05) is 36.4 Å². The maximum absolute atomic E-state index is 12.3. The fraction of sp³-hybridized carbons (Fsp3) is 0.0526. The van der Waals surface area contributed by atoms with E-state index in [1.54, 1.807) is 36.4 Å². The molecular formula is C19H18N2O2. The summed E-state index contributed by atoms with van der Waals surface area (Å²) >= 11 is 0. The fourth-order valence-corrected chi connectivity index (χ4v) is 1.92. The Hall–Kier alpha value is -3.14. The molecule has 2 rings (SSSR count). The third-order valence-corrected chi connectivity index (χ3v) is 3.05. The number of nitrogens with one attached hydrogen (secondary N) is 2. The first-order chi connectivity index (χ1) is 11.2. The molecule has 2 aromatic rings. The zero-order chi connectivity index (χ0) is 16.5. The molecule has 0 heterocycles. The molecule has 116 valence electrons. The first-order valence-electron chi connectivity index (χ1n) is 7.23. The van der Waals surface area contributed by atoms with Gasteiger partial charge in [-0.2, -0.15) is 0 Å². The van der Waals surface area contributed by atoms with Crippen LogP contribution < -0.4 is 10.6 Å². The van der Waals surface area contributed by atoms with E-state index in [4.69, 9.17) is 0 Å². The van der Waals surface area contributed by atoms with Gasteiger partial charge in [0.15, 0.2) is 0 Å². The molecule has 0 aliphatic rings. The Morgan fingerprint density at radius 3 is 2.17 bits per heavy atom. The molecule has 0 fully saturated rings. The lowest BCUT2D eigenvalue weighted by Gasteiger charge is -2.10. The van der Waals surface area contributed by atoms with Crippen LogP contribution in [0.4, 0.5) is 0 Å². The standard InChI is InChI=1S/C19H18N2O2/c1-2-13-20-19(23)17(14-15-9-5-3-6-10-15)21-18(22)16-11-7-4-8-12-16/h2-12,14H,1,13H2,(H,20,23)(H,21,22). The minimum absolute atomic E-state index is 0.187. The zero-order valence-corrected chi connectivity index (χ0v) is 12.7. The van der Waals surface area contributed by atoms with Crippen molar-refractivity contribution in [3.63, 3.8) is 0 Å². The van der Waals surface area contributed by atoms with Crippen LogP contribution in [0.3, 0.4) is 0 Å². The van der Waals surface area contributed by atoms with Gasteiger partial charge in [-0.1, -0.05) is 54.6 Å². The number of hydrogen-bond donors (Lipinski definition) is 2. The highest BCUT2D eigenvalue weighted by atomic mass is 16.2. The molecule has 0 aliphatic heterocycles. The summed E-state index contributed by atoms with van der Waals surface area (Å²) in [6, 6.07) is 18.1. The van der Waals surface area contributed by atoms with Gasteiger partial charge in [-0.05, 0) is 23.8 Å². The summed E-state index contributed by atoms with van der Waals surface area (Å²) in [5, 5.41) is 5.34. The summed E-state index contributed by atoms with van der Waals surface area (Å²) < 4.78 is 0. The summed E-state index contributed by atoms with van der Waals surface area (Å²) in [5.41, 5.74) is 1.50. The predicted octanol–water partition coefficient (Wildman–Crippen LogP) is 2.76. The molecule has 0 spiro atoms. The van der Waals surface area contributed by atoms with E-state index in [0.717, 1.165) is 5.56 Å².